The maximum atomic E-state index is 11.4. The topological polar surface area (TPSA) is 138 Å². The second-order valence-electron chi connectivity index (χ2n) is 7.39. The minimum Gasteiger partial charge on any atom is -0.489 e. The van der Waals surface area contributed by atoms with Crippen molar-refractivity contribution in [3.05, 3.63) is 86.9 Å². The Bertz CT molecular complexity index is 1160. The van der Waals surface area contributed by atoms with Gasteiger partial charge in [-0.15, -0.1) is 10.1 Å². The number of hydrogen-bond acceptors (Lipinski definition) is 7. The molecule has 0 radical (unpaired) electrons. The van der Waals surface area contributed by atoms with Crippen LogP contribution in [0.15, 0.2) is 61.2 Å². The second kappa shape index (κ2) is 11.8. The minimum absolute atomic E-state index is 0.173. The summed E-state index contributed by atoms with van der Waals surface area (Å²) in [5, 5.41) is 17.4. The molecule has 2 atom stereocenters. The van der Waals surface area contributed by atoms with Crippen LogP contribution in [0.3, 0.4) is 0 Å². The molecular weight excluding hydrogens is 503 g/mol. The Kier molecular flexibility index (Phi) is 8.88. The van der Waals surface area contributed by atoms with E-state index >= 15 is 0 Å². The molecule has 3 aromatic rings. The quantitative estimate of drug-likeness (QED) is 0.347. The first-order valence-corrected chi connectivity index (χ1v) is 11.0. The van der Waals surface area contributed by atoms with Crippen molar-refractivity contribution in [2.24, 2.45) is 0 Å². The second-order valence-corrected chi connectivity index (χ2v) is 8.23. The van der Waals surface area contributed by atoms with Crippen LogP contribution < -0.4 is 10.1 Å². The predicted molar refractivity (Wildman–Crippen MR) is 126 cm³/mol. The Hall–Kier alpha value is -3.38. The molecule has 4 rings (SSSR count). The number of anilines is 1. The van der Waals surface area contributed by atoms with E-state index in [0.29, 0.717) is 40.2 Å². The molecule has 1 saturated heterocycles. The zero-order chi connectivity index (χ0) is 25.4. The number of benzene rings is 2. The van der Waals surface area contributed by atoms with Crippen LogP contribution in [0, 0.1) is 10.1 Å². The van der Waals surface area contributed by atoms with Crippen LogP contribution in [0.1, 0.15) is 12.5 Å². The van der Waals surface area contributed by atoms with Crippen LogP contribution in [0.2, 0.25) is 10.0 Å². The van der Waals surface area contributed by atoms with Gasteiger partial charge < -0.3 is 29.3 Å². The molecule has 13 heteroatoms. The number of para-hydroxylation sites is 2. The van der Waals surface area contributed by atoms with E-state index < -0.39 is 10.9 Å². The normalized spacial score (nSPS) is 18.9. The Labute approximate surface area is 210 Å². The van der Waals surface area contributed by atoms with Crippen molar-refractivity contribution in [3.63, 3.8) is 0 Å². The van der Waals surface area contributed by atoms with Crippen LogP contribution in [-0.2, 0) is 26.6 Å². The molecule has 1 amide bonds. The first kappa shape index (κ1) is 26.2. The average Bonchev–Trinajstić information content (AvgIpc) is 3.43. The smallest absolute Gasteiger partial charge is 0.291 e. The highest BCUT2D eigenvalue weighted by Gasteiger charge is 2.45. The van der Waals surface area contributed by atoms with Crippen molar-refractivity contribution in [2.45, 2.75) is 25.4 Å². The lowest BCUT2D eigenvalue weighted by Crippen LogP contribution is -2.34. The highest BCUT2D eigenvalue weighted by atomic mass is 35.5. The van der Waals surface area contributed by atoms with Crippen molar-refractivity contribution in [1.29, 1.82) is 0 Å². The molecule has 0 bridgehead atoms. The monoisotopic (exact) mass is 524 g/mol. The summed E-state index contributed by atoms with van der Waals surface area (Å²) in [5.74, 6) is -0.737. The fourth-order valence-corrected chi connectivity index (χ4v) is 4.00. The van der Waals surface area contributed by atoms with Gasteiger partial charge in [0, 0.05) is 29.9 Å². The number of nitrogens with one attached hydrogen (secondary N) is 1. The van der Waals surface area contributed by atoms with Gasteiger partial charge in [-0.2, -0.15) is 0 Å². The first-order chi connectivity index (χ1) is 16.7. The van der Waals surface area contributed by atoms with Gasteiger partial charge in [0.25, 0.3) is 5.09 Å². The van der Waals surface area contributed by atoms with E-state index in [-0.39, 0.29) is 18.6 Å². The molecule has 1 aromatic heterocycles. The van der Waals surface area contributed by atoms with E-state index in [9.17, 15) is 4.79 Å². The van der Waals surface area contributed by atoms with Gasteiger partial charge >= 0.3 is 0 Å². The van der Waals surface area contributed by atoms with Crippen LogP contribution in [0.4, 0.5) is 5.69 Å². The predicted octanol–water partition coefficient (Wildman–Crippen LogP) is 4.15. The van der Waals surface area contributed by atoms with Crippen LogP contribution in [-0.4, -0.2) is 45.1 Å². The molecule has 1 aliphatic rings. The van der Waals surface area contributed by atoms with Crippen molar-refractivity contribution in [2.75, 3.05) is 18.5 Å². The Morgan fingerprint density at radius 2 is 2.11 bits per heavy atom. The summed E-state index contributed by atoms with van der Waals surface area (Å²) in [5.41, 5.74) is 1.27. The number of carbonyl (C=O) groups excluding carboxylic acids is 1. The molecule has 0 unspecified atom stereocenters. The molecule has 2 N–H and O–H groups in total. The summed E-state index contributed by atoms with van der Waals surface area (Å²) >= 11 is 12.6. The SMILES string of the molecule is CC(=O)Nc1ccccc1OC[C@@H]1CO[C@@](Cn2ccnc2)(c2ccc(Cl)cc2Cl)O1.O=[N+]([O-])O. The number of aromatic nitrogens is 2. The van der Waals surface area contributed by atoms with Gasteiger partial charge in [-0.3, -0.25) is 4.79 Å². The number of hydrogen-bond donors (Lipinski definition) is 2. The number of imidazole rings is 1. The molecule has 2 aromatic carbocycles. The van der Waals surface area contributed by atoms with Gasteiger partial charge in [-0.1, -0.05) is 41.4 Å². The van der Waals surface area contributed by atoms with E-state index in [4.69, 9.17) is 52.7 Å². The largest absolute Gasteiger partial charge is 0.489 e. The van der Waals surface area contributed by atoms with Crippen molar-refractivity contribution >= 4 is 34.8 Å². The summed E-state index contributed by atoms with van der Waals surface area (Å²) in [7, 11) is 0. The number of rotatable bonds is 7. The summed E-state index contributed by atoms with van der Waals surface area (Å²) in [6.45, 7) is 2.34. The van der Waals surface area contributed by atoms with Gasteiger partial charge in [-0.05, 0) is 24.3 Å². The van der Waals surface area contributed by atoms with Gasteiger partial charge in [-0.25, -0.2) is 4.98 Å². The number of amides is 1. The third kappa shape index (κ3) is 7.30. The van der Waals surface area contributed by atoms with Gasteiger partial charge in [0.1, 0.15) is 18.5 Å². The summed E-state index contributed by atoms with van der Waals surface area (Å²) in [4.78, 5) is 23.9. The van der Waals surface area contributed by atoms with Crippen molar-refractivity contribution in [3.8, 4) is 5.75 Å². The van der Waals surface area contributed by atoms with Crippen LogP contribution in [0.5, 0.6) is 5.75 Å². The Balaban J connectivity index is 0.000000795. The van der Waals surface area contributed by atoms with Crippen LogP contribution in [0.25, 0.3) is 0 Å². The summed E-state index contributed by atoms with van der Waals surface area (Å²) < 4.78 is 20.3. The molecule has 11 nitrogen and oxygen atoms in total. The maximum absolute atomic E-state index is 11.4. The molecule has 1 fully saturated rings. The zero-order valence-corrected chi connectivity index (χ0v) is 20.0. The van der Waals surface area contributed by atoms with Crippen LogP contribution >= 0.6 is 23.2 Å². The average molecular weight is 525 g/mol. The standard InChI is InChI=1S/C22H21Cl2N3O4.HNO3/c1-15(28)26-20-4-2-3-5-21(20)29-11-17-12-30-22(31-17,13-27-9-8-25-14-27)18-7-6-16(23)10-19(18)24;2-1(3)4/h2-10,14,17H,11-13H2,1H3,(H,26,28);(H,2,3,4)/t17-,22-;/m1./s1. The fourth-order valence-electron chi connectivity index (χ4n) is 3.44. The third-order valence-electron chi connectivity index (χ3n) is 4.77. The van der Waals surface area contributed by atoms with Gasteiger partial charge in [0.15, 0.2) is 0 Å². The third-order valence-corrected chi connectivity index (χ3v) is 5.32. The van der Waals surface area contributed by atoms with E-state index in [0.717, 1.165) is 0 Å². The van der Waals surface area contributed by atoms with Crippen molar-refractivity contribution < 1.29 is 29.3 Å². The maximum Gasteiger partial charge on any atom is 0.291 e. The molecular formula is C22H22Cl2N4O7. The highest BCUT2D eigenvalue weighted by molar-refractivity contribution is 6.35. The van der Waals surface area contributed by atoms with E-state index in [1.807, 2.05) is 22.9 Å². The van der Waals surface area contributed by atoms with E-state index in [2.05, 4.69) is 10.3 Å². The number of ether oxygens (including phenoxy) is 3. The molecule has 0 aliphatic carbocycles. The lowest BCUT2D eigenvalue weighted by atomic mass is 10.1. The first-order valence-electron chi connectivity index (χ1n) is 10.2. The zero-order valence-electron chi connectivity index (χ0n) is 18.5. The van der Waals surface area contributed by atoms with Crippen molar-refractivity contribution in [1.82, 2.24) is 9.55 Å². The number of nitrogens with zero attached hydrogens (tertiary/aromatic N) is 3. The molecule has 35 heavy (non-hydrogen) atoms. The fraction of sp³-hybridized carbons (Fsp3) is 0.273. The Morgan fingerprint density at radius 1 is 1.37 bits per heavy atom. The van der Waals surface area contributed by atoms with E-state index in [1.165, 1.54) is 6.92 Å². The van der Waals surface area contributed by atoms with Gasteiger partial charge in [0.2, 0.25) is 11.7 Å². The molecule has 2 heterocycles. The minimum atomic E-state index is -1.50. The number of carbonyl (C=O) groups is 1. The van der Waals surface area contributed by atoms with E-state index in [1.54, 1.807) is 42.9 Å². The number of halogens is 2. The summed E-state index contributed by atoms with van der Waals surface area (Å²) in [6, 6.07) is 12.4. The molecule has 186 valence electrons. The van der Waals surface area contributed by atoms with Gasteiger partial charge in [0.05, 0.1) is 30.2 Å². The molecule has 0 saturated carbocycles. The highest BCUT2D eigenvalue weighted by Crippen LogP contribution is 2.40. The Morgan fingerprint density at radius 3 is 2.77 bits per heavy atom. The lowest BCUT2D eigenvalue weighted by molar-refractivity contribution is -0.742. The lowest BCUT2D eigenvalue weighted by Gasteiger charge is -2.30. The molecule has 0 spiro atoms. The molecule has 1 aliphatic heterocycles. The summed E-state index contributed by atoms with van der Waals surface area (Å²) in [6.07, 6.45) is 4.84.